The molecule has 1 aromatic rings. The van der Waals surface area contributed by atoms with Gasteiger partial charge in [0.15, 0.2) is 0 Å². The summed E-state index contributed by atoms with van der Waals surface area (Å²) in [5.41, 5.74) is 0.956. The van der Waals surface area contributed by atoms with Gasteiger partial charge in [-0.15, -0.1) is 11.3 Å². The molecule has 1 heterocycles. The Hall–Kier alpha value is -0.920. The Morgan fingerprint density at radius 1 is 1.41 bits per heavy atom. The van der Waals surface area contributed by atoms with Gasteiger partial charge in [0, 0.05) is 10.8 Å². The lowest BCUT2D eigenvalue weighted by Gasteiger charge is -2.22. The number of hydrogen-bond donors (Lipinski definition) is 0. The molecule has 0 aliphatic rings. The van der Waals surface area contributed by atoms with Crippen molar-refractivity contribution in [2.24, 2.45) is 0 Å². The van der Waals surface area contributed by atoms with Gasteiger partial charge in [0.25, 0.3) is 0 Å². The Bertz CT molecular complexity index is 394. The van der Waals surface area contributed by atoms with Crippen molar-refractivity contribution in [3.05, 3.63) is 16.1 Å². The number of hydrogen-bond acceptors (Lipinski definition) is 4. The first-order valence-electron chi connectivity index (χ1n) is 6.03. The Labute approximate surface area is 108 Å². The van der Waals surface area contributed by atoms with E-state index in [0.717, 1.165) is 23.8 Å². The lowest BCUT2D eigenvalue weighted by molar-refractivity contribution is 0.259. The second-order valence-electron chi connectivity index (χ2n) is 5.08. The molecule has 4 heteroatoms. The van der Waals surface area contributed by atoms with Gasteiger partial charge in [-0.2, -0.15) is 5.26 Å². The van der Waals surface area contributed by atoms with Crippen molar-refractivity contribution < 1.29 is 0 Å². The Morgan fingerprint density at radius 3 is 2.35 bits per heavy atom. The molecule has 0 aliphatic carbocycles. The molecular weight excluding hydrogens is 230 g/mol. The predicted octanol–water partition coefficient (Wildman–Crippen LogP) is 3.35. The third-order valence-corrected chi connectivity index (χ3v) is 4.03. The lowest BCUT2D eigenvalue weighted by Crippen LogP contribution is -2.27. The van der Waals surface area contributed by atoms with Crippen LogP contribution in [0, 0.1) is 11.3 Å². The zero-order valence-electron chi connectivity index (χ0n) is 11.3. The van der Waals surface area contributed by atoms with Crippen LogP contribution >= 0.6 is 11.3 Å². The van der Waals surface area contributed by atoms with Crippen LogP contribution in [0.3, 0.4) is 0 Å². The van der Waals surface area contributed by atoms with E-state index in [-0.39, 0.29) is 11.5 Å². The van der Waals surface area contributed by atoms with Crippen molar-refractivity contribution in [1.29, 1.82) is 5.26 Å². The number of nitrogens with zero attached hydrogens (tertiary/aromatic N) is 3. The van der Waals surface area contributed by atoms with Gasteiger partial charge in [-0.1, -0.05) is 34.6 Å². The highest BCUT2D eigenvalue weighted by atomic mass is 32.1. The van der Waals surface area contributed by atoms with E-state index in [9.17, 15) is 5.26 Å². The minimum atomic E-state index is -0.211. The van der Waals surface area contributed by atoms with Crippen molar-refractivity contribution in [3.8, 4) is 6.07 Å². The van der Waals surface area contributed by atoms with Gasteiger partial charge in [-0.25, -0.2) is 4.98 Å². The van der Waals surface area contributed by atoms with Crippen molar-refractivity contribution in [2.75, 3.05) is 13.1 Å². The zero-order valence-corrected chi connectivity index (χ0v) is 12.1. The third kappa shape index (κ3) is 3.27. The van der Waals surface area contributed by atoms with Gasteiger partial charge < -0.3 is 0 Å². The first kappa shape index (κ1) is 14.1. The van der Waals surface area contributed by atoms with E-state index >= 15 is 0 Å². The molecule has 1 atom stereocenters. The summed E-state index contributed by atoms with van der Waals surface area (Å²) in [6, 6.07) is 2.14. The van der Waals surface area contributed by atoms with E-state index in [1.54, 1.807) is 11.3 Å². The minimum absolute atomic E-state index is 0.0617. The molecule has 0 N–H and O–H groups in total. The smallest absolute Gasteiger partial charge is 0.141 e. The summed E-state index contributed by atoms with van der Waals surface area (Å²) in [4.78, 5) is 6.75. The molecule has 94 valence electrons. The molecule has 1 rings (SSSR count). The predicted molar refractivity (Wildman–Crippen MR) is 72.1 cm³/mol. The molecule has 0 bridgehead atoms. The summed E-state index contributed by atoms with van der Waals surface area (Å²) in [6.45, 7) is 12.3. The van der Waals surface area contributed by atoms with Gasteiger partial charge in [0.05, 0.1) is 16.8 Å². The van der Waals surface area contributed by atoms with Crippen LogP contribution in [0.2, 0.25) is 0 Å². The largest absolute Gasteiger partial charge is 0.284 e. The van der Waals surface area contributed by atoms with E-state index in [0.29, 0.717) is 0 Å². The van der Waals surface area contributed by atoms with Crippen molar-refractivity contribution in [1.82, 2.24) is 9.88 Å². The van der Waals surface area contributed by atoms with Crippen LogP contribution in [0.1, 0.15) is 51.4 Å². The van der Waals surface area contributed by atoms with Crippen LogP contribution in [0.4, 0.5) is 0 Å². The summed E-state index contributed by atoms with van der Waals surface area (Å²) in [5, 5.41) is 12.4. The molecule has 0 spiro atoms. The van der Waals surface area contributed by atoms with E-state index < -0.39 is 0 Å². The molecule has 17 heavy (non-hydrogen) atoms. The highest BCUT2D eigenvalue weighted by Crippen LogP contribution is 2.29. The SMILES string of the molecule is CCN(CC)C(C#N)c1csc(C(C)(C)C)n1. The molecule has 0 saturated heterocycles. The fraction of sp³-hybridized carbons (Fsp3) is 0.692. The van der Waals surface area contributed by atoms with Gasteiger partial charge in [-0.05, 0) is 13.1 Å². The second kappa shape index (κ2) is 5.61. The molecule has 0 radical (unpaired) electrons. The number of nitriles is 1. The van der Waals surface area contributed by atoms with Crippen LogP contribution < -0.4 is 0 Å². The highest BCUT2D eigenvalue weighted by molar-refractivity contribution is 7.09. The maximum atomic E-state index is 9.30. The highest BCUT2D eigenvalue weighted by Gasteiger charge is 2.24. The molecule has 0 amide bonds. The lowest BCUT2D eigenvalue weighted by atomic mass is 9.98. The minimum Gasteiger partial charge on any atom is -0.284 e. The Kier molecular flexibility index (Phi) is 4.67. The average Bonchev–Trinajstić information content (AvgIpc) is 2.74. The third-order valence-electron chi connectivity index (χ3n) is 2.74. The van der Waals surface area contributed by atoms with Crippen molar-refractivity contribution in [2.45, 2.75) is 46.1 Å². The van der Waals surface area contributed by atoms with E-state index in [1.807, 2.05) is 5.38 Å². The van der Waals surface area contributed by atoms with Gasteiger partial charge in [-0.3, -0.25) is 4.90 Å². The van der Waals surface area contributed by atoms with Crippen LogP contribution in [0.15, 0.2) is 5.38 Å². The van der Waals surface area contributed by atoms with Crippen molar-refractivity contribution >= 4 is 11.3 Å². The molecule has 0 saturated carbocycles. The number of rotatable bonds is 4. The zero-order chi connectivity index (χ0) is 13.1. The number of aromatic nitrogens is 1. The van der Waals surface area contributed by atoms with Crippen LogP contribution in [-0.2, 0) is 5.41 Å². The van der Waals surface area contributed by atoms with Crippen molar-refractivity contribution in [3.63, 3.8) is 0 Å². The molecular formula is C13H21N3S. The molecule has 3 nitrogen and oxygen atoms in total. The molecule has 1 aromatic heterocycles. The molecule has 0 aromatic carbocycles. The summed E-state index contributed by atoms with van der Waals surface area (Å²) in [5.74, 6) is 0. The summed E-state index contributed by atoms with van der Waals surface area (Å²) in [7, 11) is 0. The van der Waals surface area contributed by atoms with Gasteiger partial charge >= 0.3 is 0 Å². The monoisotopic (exact) mass is 251 g/mol. The first-order valence-corrected chi connectivity index (χ1v) is 6.91. The fourth-order valence-corrected chi connectivity index (χ4v) is 2.61. The summed E-state index contributed by atoms with van der Waals surface area (Å²) < 4.78 is 0. The van der Waals surface area contributed by atoms with Crippen LogP contribution in [0.5, 0.6) is 0 Å². The van der Waals surface area contributed by atoms with Gasteiger partial charge in [0.2, 0.25) is 0 Å². The topological polar surface area (TPSA) is 39.9 Å². The van der Waals surface area contributed by atoms with Crippen LogP contribution in [0.25, 0.3) is 0 Å². The average molecular weight is 251 g/mol. The normalized spacial score (nSPS) is 13.7. The maximum absolute atomic E-state index is 9.30. The Balaban J connectivity index is 2.99. The van der Waals surface area contributed by atoms with Crippen LogP contribution in [-0.4, -0.2) is 23.0 Å². The summed E-state index contributed by atoms with van der Waals surface area (Å²) in [6.07, 6.45) is 0. The Morgan fingerprint density at radius 2 is 2.00 bits per heavy atom. The fourth-order valence-electron chi connectivity index (χ4n) is 1.68. The summed E-state index contributed by atoms with van der Waals surface area (Å²) >= 11 is 1.65. The molecule has 0 aliphatic heterocycles. The standard InChI is InChI=1S/C13H21N3S/c1-6-16(7-2)11(8-14)10-9-17-12(15-10)13(3,4)5/h9,11H,6-7H2,1-5H3. The van der Waals surface area contributed by atoms with E-state index in [2.05, 4.69) is 50.6 Å². The van der Waals surface area contributed by atoms with E-state index in [4.69, 9.17) is 0 Å². The maximum Gasteiger partial charge on any atom is 0.141 e. The van der Waals surface area contributed by atoms with Gasteiger partial charge in [0.1, 0.15) is 6.04 Å². The first-order chi connectivity index (χ1) is 7.93. The number of thiazole rings is 1. The molecule has 1 unspecified atom stereocenters. The molecule has 0 fully saturated rings. The quantitative estimate of drug-likeness (QED) is 0.824. The van der Waals surface area contributed by atoms with E-state index in [1.165, 1.54) is 0 Å². The second-order valence-corrected chi connectivity index (χ2v) is 5.94.